The van der Waals surface area contributed by atoms with Gasteiger partial charge in [-0.2, -0.15) is 0 Å². The number of nitrogens with one attached hydrogen (secondary N) is 1. The fourth-order valence-corrected chi connectivity index (χ4v) is 1.14. The van der Waals surface area contributed by atoms with Crippen LogP contribution in [-0.2, 0) is 0 Å². The summed E-state index contributed by atoms with van der Waals surface area (Å²) in [5.74, 6) is 5.26. The van der Waals surface area contributed by atoms with E-state index in [2.05, 4.69) is 17.2 Å². The van der Waals surface area contributed by atoms with Crippen molar-refractivity contribution in [3.63, 3.8) is 0 Å². The molecule has 0 unspecified atom stereocenters. The van der Waals surface area contributed by atoms with Crippen molar-refractivity contribution in [2.45, 2.75) is 6.92 Å². The second-order valence-electron chi connectivity index (χ2n) is 3.00. The van der Waals surface area contributed by atoms with Gasteiger partial charge in [0.1, 0.15) is 6.61 Å². The van der Waals surface area contributed by atoms with E-state index in [9.17, 15) is 4.79 Å². The molecular formula is C11H12N2O2. The van der Waals surface area contributed by atoms with Gasteiger partial charge < -0.3 is 16.2 Å². The molecule has 0 radical (unpaired) electrons. The highest BCUT2D eigenvalue weighted by Crippen LogP contribution is 2.15. The minimum absolute atomic E-state index is 0.218. The molecule has 2 amide bonds. The number of hydrogen-bond donors (Lipinski definition) is 3. The Labute approximate surface area is 88.1 Å². The normalized spacial score (nSPS) is 8.93. The molecule has 0 atom stereocenters. The summed E-state index contributed by atoms with van der Waals surface area (Å²) in [6.45, 7) is 1.70. The number of urea groups is 1. The smallest absolute Gasteiger partial charge is 0.316 e. The molecule has 4 N–H and O–H groups in total. The molecule has 15 heavy (non-hydrogen) atoms. The van der Waals surface area contributed by atoms with Crippen molar-refractivity contribution >= 4 is 11.7 Å². The predicted octanol–water partition coefficient (Wildman–Crippen LogP) is 0.829. The van der Waals surface area contributed by atoms with Crippen LogP contribution in [0.1, 0.15) is 11.1 Å². The van der Waals surface area contributed by atoms with E-state index in [-0.39, 0.29) is 6.61 Å². The first-order valence-corrected chi connectivity index (χ1v) is 4.40. The van der Waals surface area contributed by atoms with Crippen LogP contribution >= 0.6 is 0 Å². The van der Waals surface area contributed by atoms with Crippen molar-refractivity contribution in [3.8, 4) is 11.8 Å². The first-order chi connectivity index (χ1) is 7.13. The Hall–Kier alpha value is -1.99. The van der Waals surface area contributed by atoms with Crippen molar-refractivity contribution in [3.05, 3.63) is 29.3 Å². The summed E-state index contributed by atoms with van der Waals surface area (Å²) in [4.78, 5) is 10.7. The standard InChI is InChI=1S/C11H12N2O2/c1-8-4-5-10(13-11(12)15)9(7-8)3-2-6-14/h4-5,7,14H,6H2,1H3,(H3,12,13,15). The van der Waals surface area contributed by atoms with Gasteiger partial charge in [0.05, 0.1) is 5.69 Å². The van der Waals surface area contributed by atoms with E-state index in [1.54, 1.807) is 6.07 Å². The van der Waals surface area contributed by atoms with Crippen molar-refractivity contribution in [2.24, 2.45) is 5.73 Å². The molecule has 0 aliphatic heterocycles. The van der Waals surface area contributed by atoms with Gasteiger partial charge in [0.25, 0.3) is 0 Å². The molecule has 0 bridgehead atoms. The fourth-order valence-electron chi connectivity index (χ4n) is 1.14. The molecule has 0 saturated heterocycles. The summed E-state index contributed by atoms with van der Waals surface area (Å²) in [6, 6.07) is 4.75. The Morgan fingerprint density at radius 2 is 2.33 bits per heavy atom. The molecule has 1 aromatic carbocycles. The van der Waals surface area contributed by atoms with Gasteiger partial charge in [-0.15, -0.1) is 0 Å². The van der Waals surface area contributed by atoms with Crippen molar-refractivity contribution < 1.29 is 9.90 Å². The first-order valence-electron chi connectivity index (χ1n) is 4.40. The number of benzene rings is 1. The minimum Gasteiger partial charge on any atom is -0.384 e. The minimum atomic E-state index is -0.633. The maximum absolute atomic E-state index is 10.7. The van der Waals surface area contributed by atoms with Crippen LogP contribution in [0.2, 0.25) is 0 Å². The SMILES string of the molecule is Cc1ccc(NC(N)=O)c(C#CCO)c1. The van der Waals surface area contributed by atoms with Gasteiger partial charge in [-0.25, -0.2) is 4.79 Å². The Bertz CT molecular complexity index is 430. The van der Waals surface area contributed by atoms with Crippen LogP contribution in [0, 0.1) is 18.8 Å². The van der Waals surface area contributed by atoms with E-state index in [0.29, 0.717) is 11.3 Å². The summed E-state index contributed by atoms with van der Waals surface area (Å²) in [5, 5.41) is 11.0. The number of carbonyl (C=O) groups is 1. The maximum atomic E-state index is 10.7. The highest BCUT2D eigenvalue weighted by Gasteiger charge is 2.01. The fraction of sp³-hybridized carbons (Fsp3) is 0.182. The third-order valence-electron chi connectivity index (χ3n) is 1.74. The highest BCUT2D eigenvalue weighted by molar-refractivity contribution is 5.89. The van der Waals surface area contributed by atoms with Gasteiger partial charge >= 0.3 is 6.03 Å². The summed E-state index contributed by atoms with van der Waals surface area (Å²) in [6.07, 6.45) is 0. The van der Waals surface area contributed by atoms with E-state index in [0.717, 1.165) is 5.56 Å². The van der Waals surface area contributed by atoms with Crippen LogP contribution in [0.15, 0.2) is 18.2 Å². The number of amides is 2. The zero-order valence-electron chi connectivity index (χ0n) is 8.37. The van der Waals surface area contributed by atoms with E-state index < -0.39 is 6.03 Å². The quantitative estimate of drug-likeness (QED) is 0.593. The van der Waals surface area contributed by atoms with Gasteiger partial charge in [-0.3, -0.25) is 0 Å². The van der Waals surface area contributed by atoms with Crippen LogP contribution in [-0.4, -0.2) is 17.7 Å². The lowest BCUT2D eigenvalue weighted by Crippen LogP contribution is -2.19. The number of hydrogen-bond acceptors (Lipinski definition) is 2. The number of aryl methyl sites for hydroxylation is 1. The van der Waals surface area contributed by atoms with Crippen molar-refractivity contribution in [1.82, 2.24) is 0 Å². The molecule has 78 valence electrons. The number of anilines is 1. The molecule has 0 heterocycles. The Morgan fingerprint density at radius 1 is 1.60 bits per heavy atom. The van der Waals surface area contributed by atoms with Crippen LogP contribution in [0.5, 0.6) is 0 Å². The van der Waals surface area contributed by atoms with Crippen LogP contribution in [0.25, 0.3) is 0 Å². The van der Waals surface area contributed by atoms with Crippen molar-refractivity contribution in [2.75, 3.05) is 11.9 Å². The summed E-state index contributed by atoms with van der Waals surface area (Å²) in [7, 11) is 0. The second-order valence-corrected chi connectivity index (χ2v) is 3.00. The lowest BCUT2D eigenvalue weighted by Gasteiger charge is -2.05. The first kappa shape index (κ1) is 11.1. The molecular weight excluding hydrogens is 192 g/mol. The van der Waals surface area contributed by atoms with Gasteiger partial charge in [-0.1, -0.05) is 17.9 Å². The predicted molar refractivity (Wildman–Crippen MR) is 58.3 cm³/mol. The second kappa shape index (κ2) is 5.03. The highest BCUT2D eigenvalue weighted by atomic mass is 16.2. The Kier molecular flexibility index (Phi) is 3.72. The van der Waals surface area contributed by atoms with E-state index in [1.807, 2.05) is 19.1 Å². The zero-order valence-corrected chi connectivity index (χ0v) is 8.37. The zero-order chi connectivity index (χ0) is 11.3. The number of nitrogens with two attached hydrogens (primary N) is 1. The Morgan fingerprint density at radius 3 is 2.93 bits per heavy atom. The number of carbonyl (C=O) groups excluding carboxylic acids is 1. The van der Waals surface area contributed by atoms with E-state index in [4.69, 9.17) is 10.8 Å². The largest absolute Gasteiger partial charge is 0.384 e. The molecule has 0 saturated carbocycles. The molecule has 1 rings (SSSR count). The van der Waals surface area contributed by atoms with Gasteiger partial charge in [0.15, 0.2) is 0 Å². The monoisotopic (exact) mass is 204 g/mol. The number of aliphatic hydroxyl groups is 1. The number of aliphatic hydroxyl groups excluding tert-OH is 1. The summed E-state index contributed by atoms with van der Waals surface area (Å²) < 4.78 is 0. The molecule has 0 aliphatic rings. The van der Waals surface area contributed by atoms with Crippen LogP contribution in [0.3, 0.4) is 0 Å². The lowest BCUT2D eigenvalue weighted by molar-refractivity contribution is 0.259. The maximum Gasteiger partial charge on any atom is 0.316 e. The molecule has 1 aromatic rings. The average Bonchev–Trinajstić information content (AvgIpc) is 2.18. The van der Waals surface area contributed by atoms with Gasteiger partial charge in [-0.05, 0) is 24.6 Å². The van der Waals surface area contributed by atoms with Gasteiger partial charge in [0, 0.05) is 5.56 Å². The third-order valence-corrected chi connectivity index (χ3v) is 1.74. The molecule has 0 aliphatic carbocycles. The molecule has 0 aromatic heterocycles. The van der Waals surface area contributed by atoms with Gasteiger partial charge in [0.2, 0.25) is 0 Å². The molecule has 4 heteroatoms. The summed E-state index contributed by atoms with van der Waals surface area (Å²) in [5.41, 5.74) is 7.22. The average molecular weight is 204 g/mol. The molecule has 0 fully saturated rings. The Balaban J connectivity index is 3.08. The topological polar surface area (TPSA) is 75.3 Å². The van der Waals surface area contributed by atoms with E-state index in [1.165, 1.54) is 0 Å². The number of rotatable bonds is 1. The molecule has 0 spiro atoms. The molecule has 4 nitrogen and oxygen atoms in total. The van der Waals surface area contributed by atoms with E-state index >= 15 is 0 Å². The number of primary amides is 1. The van der Waals surface area contributed by atoms with Crippen LogP contribution < -0.4 is 11.1 Å². The van der Waals surface area contributed by atoms with Crippen molar-refractivity contribution in [1.29, 1.82) is 0 Å². The summed E-state index contributed by atoms with van der Waals surface area (Å²) >= 11 is 0. The lowest BCUT2D eigenvalue weighted by atomic mass is 10.1. The van der Waals surface area contributed by atoms with Crippen LogP contribution in [0.4, 0.5) is 10.5 Å². The third kappa shape index (κ3) is 3.33.